The van der Waals surface area contributed by atoms with Gasteiger partial charge in [0, 0.05) is 0 Å². The predicted molar refractivity (Wildman–Crippen MR) is 58.2 cm³/mol. The standard InChI is InChI=1S/C10H13FO.C2H6/c1-2-3-8-12-10-6-4-9(11)5-7-10;1-2/h4-7H,2-3,8H2,1H3;1-2H3. The van der Waals surface area contributed by atoms with Gasteiger partial charge in [-0.15, -0.1) is 0 Å². The third-order valence-corrected chi connectivity index (χ3v) is 1.58. The van der Waals surface area contributed by atoms with Crippen LogP contribution >= 0.6 is 0 Å². The van der Waals surface area contributed by atoms with Gasteiger partial charge < -0.3 is 4.74 Å². The molecule has 0 saturated heterocycles. The van der Waals surface area contributed by atoms with Crippen LogP contribution in [-0.4, -0.2) is 6.61 Å². The van der Waals surface area contributed by atoms with Gasteiger partial charge in [0.1, 0.15) is 11.6 Å². The Morgan fingerprint density at radius 3 is 2.21 bits per heavy atom. The van der Waals surface area contributed by atoms with Crippen molar-refractivity contribution in [2.24, 2.45) is 0 Å². The lowest BCUT2D eigenvalue weighted by molar-refractivity contribution is 0.309. The molecule has 0 aliphatic heterocycles. The molecule has 0 aliphatic carbocycles. The maximum atomic E-state index is 12.4. The lowest BCUT2D eigenvalue weighted by atomic mass is 10.3. The van der Waals surface area contributed by atoms with Gasteiger partial charge in [0.2, 0.25) is 0 Å². The van der Waals surface area contributed by atoms with E-state index in [0.29, 0.717) is 6.61 Å². The topological polar surface area (TPSA) is 9.23 Å². The summed E-state index contributed by atoms with van der Waals surface area (Å²) in [4.78, 5) is 0. The molecule has 80 valence electrons. The molecule has 0 fully saturated rings. The van der Waals surface area contributed by atoms with Crippen LogP contribution in [0.4, 0.5) is 4.39 Å². The van der Waals surface area contributed by atoms with E-state index in [2.05, 4.69) is 6.92 Å². The molecule has 0 saturated carbocycles. The van der Waals surface area contributed by atoms with E-state index in [1.807, 2.05) is 13.8 Å². The van der Waals surface area contributed by atoms with Crippen LogP contribution in [0.1, 0.15) is 33.6 Å². The van der Waals surface area contributed by atoms with E-state index in [4.69, 9.17) is 4.74 Å². The molecule has 0 heterocycles. The number of rotatable bonds is 4. The van der Waals surface area contributed by atoms with E-state index in [1.165, 1.54) is 12.1 Å². The summed E-state index contributed by atoms with van der Waals surface area (Å²) in [7, 11) is 0. The second-order valence-electron chi connectivity index (χ2n) is 2.66. The molecule has 0 aromatic heterocycles. The van der Waals surface area contributed by atoms with Crippen LogP contribution in [0.5, 0.6) is 5.75 Å². The Morgan fingerprint density at radius 1 is 1.14 bits per heavy atom. The number of hydrogen-bond acceptors (Lipinski definition) is 1. The normalized spacial score (nSPS) is 8.86. The highest BCUT2D eigenvalue weighted by Gasteiger charge is 1.92. The average Bonchev–Trinajstić information content (AvgIpc) is 2.24. The minimum absolute atomic E-state index is 0.224. The highest BCUT2D eigenvalue weighted by molar-refractivity contribution is 5.21. The summed E-state index contributed by atoms with van der Waals surface area (Å²) < 4.78 is 17.8. The van der Waals surface area contributed by atoms with Crippen molar-refractivity contribution in [1.82, 2.24) is 0 Å². The highest BCUT2D eigenvalue weighted by atomic mass is 19.1. The van der Waals surface area contributed by atoms with Crippen molar-refractivity contribution in [1.29, 1.82) is 0 Å². The smallest absolute Gasteiger partial charge is 0.123 e. The van der Waals surface area contributed by atoms with Crippen molar-refractivity contribution in [2.45, 2.75) is 33.6 Å². The van der Waals surface area contributed by atoms with Gasteiger partial charge in [-0.05, 0) is 30.7 Å². The third-order valence-electron chi connectivity index (χ3n) is 1.58. The first-order valence-electron chi connectivity index (χ1n) is 5.21. The summed E-state index contributed by atoms with van der Waals surface area (Å²) in [5.41, 5.74) is 0. The number of benzene rings is 1. The Hall–Kier alpha value is -1.05. The van der Waals surface area contributed by atoms with Crippen LogP contribution in [-0.2, 0) is 0 Å². The van der Waals surface area contributed by atoms with E-state index in [0.717, 1.165) is 18.6 Å². The zero-order valence-electron chi connectivity index (χ0n) is 9.22. The molecular weight excluding hydrogens is 179 g/mol. The molecule has 1 aromatic carbocycles. The van der Waals surface area contributed by atoms with Gasteiger partial charge >= 0.3 is 0 Å². The van der Waals surface area contributed by atoms with Gasteiger partial charge in [-0.2, -0.15) is 0 Å². The largest absolute Gasteiger partial charge is 0.494 e. The van der Waals surface area contributed by atoms with Gasteiger partial charge in [0.25, 0.3) is 0 Å². The molecule has 0 bridgehead atoms. The van der Waals surface area contributed by atoms with Crippen LogP contribution in [0.15, 0.2) is 24.3 Å². The highest BCUT2D eigenvalue weighted by Crippen LogP contribution is 2.11. The first-order valence-corrected chi connectivity index (χ1v) is 5.21. The summed E-state index contributed by atoms with van der Waals surface area (Å²) >= 11 is 0. The molecule has 1 aromatic rings. The predicted octanol–water partition coefficient (Wildman–Crippen LogP) is 4.03. The zero-order valence-corrected chi connectivity index (χ0v) is 9.22. The van der Waals surface area contributed by atoms with Gasteiger partial charge in [-0.25, -0.2) is 4.39 Å². The monoisotopic (exact) mass is 198 g/mol. The van der Waals surface area contributed by atoms with Crippen LogP contribution in [0.25, 0.3) is 0 Å². The molecule has 0 amide bonds. The number of halogens is 1. The van der Waals surface area contributed by atoms with Gasteiger partial charge in [0.05, 0.1) is 6.61 Å². The first-order chi connectivity index (χ1) is 6.83. The van der Waals surface area contributed by atoms with Gasteiger partial charge in [-0.1, -0.05) is 27.2 Å². The van der Waals surface area contributed by atoms with E-state index < -0.39 is 0 Å². The van der Waals surface area contributed by atoms with Crippen molar-refractivity contribution >= 4 is 0 Å². The Bertz CT molecular complexity index is 218. The van der Waals surface area contributed by atoms with E-state index in [-0.39, 0.29) is 5.82 Å². The summed E-state index contributed by atoms with van der Waals surface area (Å²) in [6.07, 6.45) is 2.15. The molecule has 0 spiro atoms. The van der Waals surface area contributed by atoms with Crippen molar-refractivity contribution in [3.05, 3.63) is 30.1 Å². The van der Waals surface area contributed by atoms with Crippen molar-refractivity contribution < 1.29 is 9.13 Å². The molecule has 1 rings (SSSR count). The fourth-order valence-electron chi connectivity index (χ4n) is 0.865. The molecule has 1 nitrogen and oxygen atoms in total. The summed E-state index contributed by atoms with van der Waals surface area (Å²) in [6, 6.07) is 6.10. The summed E-state index contributed by atoms with van der Waals surface area (Å²) in [5.74, 6) is 0.516. The van der Waals surface area contributed by atoms with E-state index in [1.54, 1.807) is 12.1 Å². The molecule has 0 aliphatic rings. The van der Waals surface area contributed by atoms with Crippen molar-refractivity contribution in [3.63, 3.8) is 0 Å². The van der Waals surface area contributed by atoms with Crippen molar-refractivity contribution in [2.75, 3.05) is 6.61 Å². The number of unbranched alkanes of at least 4 members (excludes halogenated alkanes) is 1. The second-order valence-corrected chi connectivity index (χ2v) is 2.66. The van der Waals surface area contributed by atoms with E-state index >= 15 is 0 Å². The SMILES string of the molecule is CC.CCCCOc1ccc(F)cc1. The molecule has 0 atom stereocenters. The second kappa shape index (κ2) is 8.54. The lowest BCUT2D eigenvalue weighted by Gasteiger charge is -2.03. The van der Waals surface area contributed by atoms with Crippen LogP contribution in [0, 0.1) is 5.82 Å². The average molecular weight is 198 g/mol. The lowest BCUT2D eigenvalue weighted by Crippen LogP contribution is -1.95. The Labute approximate surface area is 85.9 Å². The fourth-order valence-corrected chi connectivity index (χ4v) is 0.865. The number of hydrogen-bond donors (Lipinski definition) is 0. The van der Waals surface area contributed by atoms with E-state index in [9.17, 15) is 4.39 Å². The molecule has 0 N–H and O–H groups in total. The maximum Gasteiger partial charge on any atom is 0.123 e. The maximum absolute atomic E-state index is 12.4. The molecule has 2 heteroatoms. The minimum Gasteiger partial charge on any atom is -0.494 e. The molecule has 14 heavy (non-hydrogen) atoms. The van der Waals surface area contributed by atoms with Crippen LogP contribution in [0.3, 0.4) is 0 Å². The Morgan fingerprint density at radius 2 is 1.71 bits per heavy atom. The van der Waals surface area contributed by atoms with Crippen LogP contribution in [0.2, 0.25) is 0 Å². The summed E-state index contributed by atoms with van der Waals surface area (Å²) in [5, 5.41) is 0. The van der Waals surface area contributed by atoms with Crippen molar-refractivity contribution in [3.8, 4) is 5.75 Å². The first kappa shape index (κ1) is 12.9. The third kappa shape index (κ3) is 5.57. The Kier molecular flexibility index (Phi) is 7.90. The Balaban J connectivity index is 0.000000791. The molecule has 0 unspecified atom stereocenters. The molecular formula is C12H19FO. The van der Waals surface area contributed by atoms with Crippen LogP contribution < -0.4 is 4.74 Å². The quantitative estimate of drug-likeness (QED) is 0.664. The molecule has 0 radical (unpaired) electrons. The summed E-state index contributed by atoms with van der Waals surface area (Å²) in [6.45, 7) is 6.82. The number of ether oxygens (including phenoxy) is 1. The van der Waals surface area contributed by atoms with Gasteiger partial charge in [0.15, 0.2) is 0 Å². The fraction of sp³-hybridized carbons (Fsp3) is 0.500. The minimum atomic E-state index is -0.224. The zero-order chi connectivity index (χ0) is 10.8. The van der Waals surface area contributed by atoms with Gasteiger partial charge in [-0.3, -0.25) is 0 Å².